The first-order chi connectivity index (χ1) is 14.5. The van der Waals surface area contributed by atoms with Crippen LogP contribution < -0.4 is 15.5 Å². The molecular formula is C21H20F3N5O. The minimum atomic E-state index is -3.01. The molecule has 1 fully saturated rings. The lowest BCUT2D eigenvalue weighted by Gasteiger charge is -2.30. The highest BCUT2D eigenvalue weighted by molar-refractivity contribution is 6.07. The van der Waals surface area contributed by atoms with Crippen LogP contribution in [0, 0.1) is 17.9 Å². The molecule has 3 N–H and O–H groups in total. The summed E-state index contributed by atoms with van der Waals surface area (Å²) in [6, 6.07) is 8.59. The second kappa shape index (κ2) is 8.24. The molecule has 9 heteroatoms. The maximum absolute atomic E-state index is 14.4. The monoisotopic (exact) mass is 415 g/mol. The second-order valence-electron chi connectivity index (χ2n) is 7.16. The van der Waals surface area contributed by atoms with E-state index in [1.54, 1.807) is 12.3 Å². The van der Waals surface area contributed by atoms with Crippen molar-refractivity contribution in [1.82, 2.24) is 20.8 Å². The van der Waals surface area contributed by atoms with E-state index in [-0.39, 0.29) is 5.56 Å². The standard InChI is InChI=1S/C21H20F3N5O/c1-12(15-3-2-4-16(18(15)22)20(23)24)27-21(30)17-10-14(29-7-5-25-6-8-29)9-13-11-26-28-19(13)17/h3,9-12,20,25H,5-8H2,1H3,(H,26,28)(H,27,30)/t12-/m1/s1. The molecule has 1 aliphatic rings. The lowest BCUT2D eigenvalue weighted by Crippen LogP contribution is -2.43. The summed E-state index contributed by atoms with van der Waals surface area (Å²) in [5, 5.41) is 13.6. The number of aromatic amines is 1. The molecule has 1 saturated heterocycles. The Hall–Kier alpha value is -3.25. The van der Waals surface area contributed by atoms with Crippen LogP contribution in [-0.4, -0.2) is 42.3 Å². The summed E-state index contributed by atoms with van der Waals surface area (Å²) in [5.41, 5.74) is 0.866. The summed E-state index contributed by atoms with van der Waals surface area (Å²) >= 11 is 0. The zero-order chi connectivity index (χ0) is 21.3. The van der Waals surface area contributed by atoms with Crippen LogP contribution in [0.25, 0.3) is 10.9 Å². The van der Waals surface area contributed by atoms with E-state index < -0.39 is 29.8 Å². The van der Waals surface area contributed by atoms with Crippen LogP contribution in [0.2, 0.25) is 0 Å². The van der Waals surface area contributed by atoms with E-state index in [9.17, 15) is 18.0 Å². The van der Waals surface area contributed by atoms with E-state index in [1.807, 2.05) is 6.07 Å². The van der Waals surface area contributed by atoms with Crippen molar-refractivity contribution in [3.63, 3.8) is 0 Å². The predicted octanol–water partition coefficient (Wildman–Crippen LogP) is 3.14. The fourth-order valence-electron chi connectivity index (χ4n) is 3.61. The number of alkyl halides is 2. The van der Waals surface area contributed by atoms with Crippen molar-refractivity contribution >= 4 is 22.5 Å². The van der Waals surface area contributed by atoms with E-state index in [0.29, 0.717) is 11.1 Å². The fraction of sp³-hybridized carbons (Fsp3) is 0.333. The number of fused-ring (bicyclic) bond motifs is 1. The zero-order valence-electron chi connectivity index (χ0n) is 16.2. The number of nitrogens with one attached hydrogen (secondary N) is 3. The van der Waals surface area contributed by atoms with Crippen molar-refractivity contribution in [1.29, 1.82) is 0 Å². The SMILES string of the molecule is C[C@@H](NC(=O)c1cc(N2CCNCC2)cc2cn[nH]c12)c1cc#cc(C(F)F)c1F. The normalized spacial score (nSPS) is 15.3. The van der Waals surface area contributed by atoms with Crippen LogP contribution in [0.4, 0.5) is 18.9 Å². The van der Waals surface area contributed by atoms with Crippen molar-refractivity contribution in [3.05, 3.63) is 59.0 Å². The third-order valence-electron chi connectivity index (χ3n) is 5.22. The Bertz CT molecular complexity index is 1060. The quantitative estimate of drug-likeness (QED) is 0.599. The number of halogens is 3. The molecule has 4 rings (SSSR count). The van der Waals surface area contributed by atoms with Crippen molar-refractivity contribution in [2.24, 2.45) is 0 Å². The first-order valence-corrected chi connectivity index (χ1v) is 9.59. The summed E-state index contributed by atoms with van der Waals surface area (Å²) in [7, 11) is 0. The number of piperazine rings is 1. The van der Waals surface area contributed by atoms with Crippen molar-refractivity contribution in [3.8, 4) is 0 Å². The maximum atomic E-state index is 14.4. The lowest BCUT2D eigenvalue weighted by atomic mass is 10.0. The Kier molecular flexibility index (Phi) is 5.50. The first-order valence-electron chi connectivity index (χ1n) is 9.59. The molecule has 0 aliphatic carbocycles. The number of hydrogen-bond acceptors (Lipinski definition) is 4. The minimum absolute atomic E-state index is 0.0727. The average molecular weight is 415 g/mol. The van der Waals surface area contributed by atoms with Gasteiger partial charge in [0.1, 0.15) is 11.4 Å². The van der Waals surface area contributed by atoms with Gasteiger partial charge >= 0.3 is 0 Å². The van der Waals surface area contributed by atoms with Crippen LogP contribution in [-0.2, 0) is 0 Å². The maximum Gasteiger partial charge on any atom is 0.274 e. The molecule has 1 amide bonds. The molecule has 0 radical (unpaired) electrons. The Morgan fingerprint density at radius 3 is 2.80 bits per heavy atom. The highest BCUT2D eigenvalue weighted by atomic mass is 19.3. The Morgan fingerprint density at radius 1 is 1.30 bits per heavy atom. The van der Waals surface area contributed by atoms with Gasteiger partial charge in [0.25, 0.3) is 12.3 Å². The van der Waals surface area contributed by atoms with Gasteiger partial charge in [0.15, 0.2) is 0 Å². The molecule has 156 valence electrons. The van der Waals surface area contributed by atoms with Gasteiger partial charge < -0.3 is 15.5 Å². The molecule has 0 saturated carbocycles. The van der Waals surface area contributed by atoms with Crippen molar-refractivity contribution in [2.75, 3.05) is 31.1 Å². The van der Waals surface area contributed by atoms with E-state index in [1.165, 1.54) is 13.0 Å². The Labute approximate surface area is 171 Å². The van der Waals surface area contributed by atoms with Crippen molar-refractivity contribution in [2.45, 2.75) is 19.4 Å². The van der Waals surface area contributed by atoms with Gasteiger partial charge in [0, 0.05) is 42.8 Å². The molecule has 0 spiro atoms. The number of benzene rings is 1. The van der Waals surface area contributed by atoms with Gasteiger partial charge in [-0.15, -0.1) is 0 Å². The summed E-state index contributed by atoms with van der Waals surface area (Å²) < 4.78 is 40.3. The molecule has 3 aromatic rings. The Morgan fingerprint density at radius 2 is 2.07 bits per heavy atom. The average Bonchev–Trinajstić information content (AvgIpc) is 3.22. The van der Waals surface area contributed by atoms with Crippen LogP contribution in [0.15, 0.2) is 24.4 Å². The highest BCUT2D eigenvalue weighted by Crippen LogP contribution is 2.28. The fourth-order valence-corrected chi connectivity index (χ4v) is 3.61. The summed E-state index contributed by atoms with van der Waals surface area (Å²) in [6.07, 6.45) is -1.37. The van der Waals surface area contributed by atoms with Gasteiger partial charge in [-0.25, -0.2) is 13.2 Å². The van der Waals surface area contributed by atoms with Gasteiger partial charge in [-0.3, -0.25) is 9.89 Å². The third kappa shape index (κ3) is 3.78. The third-order valence-corrected chi connectivity index (χ3v) is 5.22. The number of H-pyrrole nitrogens is 1. The molecule has 1 atom stereocenters. The van der Waals surface area contributed by atoms with E-state index in [0.717, 1.165) is 37.3 Å². The van der Waals surface area contributed by atoms with Gasteiger partial charge in [-0.1, -0.05) is 12.1 Å². The van der Waals surface area contributed by atoms with Crippen LogP contribution in [0.5, 0.6) is 0 Å². The number of rotatable bonds is 5. The number of carbonyl (C=O) groups is 1. The first kappa shape index (κ1) is 20.0. The van der Waals surface area contributed by atoms with Crippen LogP contribution >= 0.6 is 0 Å². The Balaban J connectivity index is 1.63. The zero-order valence-corrected chi connectivity index (χ0v) is 16.2. The van der Waals surface area contributed by atoms with Crippen LogP contribution in [0.1, 0.15) is 40.9 Å². The van der Waals surface area contributed by atoms with Crippen molar-refractivity contribution < 1.29 is 18.0 Å². The molecule has 0 unspecified atom stereocenters. The number of aromatic nitrogens is 2. The number of hydrogen-bond donors (Lipinski definition) is 3. The summed E-state index contributed by atoms with van der Waals surface area (Å²) in [6.45, 7) is 4.83. The molecule has 1 aliphatic heterocycles. The smallest absolute Gasteiger partial charge is 0.274 e. The number of anilines is 1. The highest BCUT2D eigenvalue weighted by Gasteiger charge is 2.23. The van der Waals surface area contributed by atoms with E-state index in [2.05, 4.69) is 37.9 Å². The largest absolute Gasteiger partial charge is 0.369 e. The van der Waals surface area contributed by atoms with Gasteiger partial charge in [0.05, 0.1) is 23.3 Å². The van der Waals surface area contributed by atoms with E-state index >= 15 is 0 Å². The molecule has 1 aromatic heterocycles. The molecule has 0 bridgehead atoms. The van der Waals surface area contributed by atoms with E-state index in [4.69, 9.17) is 0 Å². The number of nitrogens with zero attached hydrogens (tertiary/aromatic N) is 2. The summed E-state index contributed by atoms with van der Waals surface area (Å²) in [5.74, 6) is -1.54. The molecule has 30 heavy (non-hydrogen) atoms. The molecule has 2 aromatic carbocycles. The van der Waals surface area contributed by atoms with Gasteiger partial charge in [-0.05, 0) is 25.1 Å². The number of amides is 1. The van der Waals surface area contributed by atoms with Crippen LogP contribution in [0.3, 0.4) is 0 Å². The molecular weight excluding hydrogens is 395 g/mol. The minimum Gasteiger partial charge on any atom is -0.369 e. The molecule has 2 heterocycles. The lowest BCUT2D eigenvalue weighted by molar-refractivity contribution is 0.0940. The summed E-state index contributed by atoms with van der Waals surface area (Å²) in [4.78, 5) is 15.2. The number of carbonyl (C=O) groups excluding carboxylic acids is 1. The van der Waals surface area contributed by atoms with Gasteiger partial charge in [0.2, 0.25) is 0 Å². The topological polar surface area (TPSA) is 73.1 Å². The molecule has 6 nitrogen and oxygen atoms in total. The second-order valence-corrected chi connectivity index (χ2v) is 7.16. The van der Waals surface area contributed by atoms with Gasteiger partial charge in [-0.2, -0.15) is 5.10 Å². The predicted molar refractivity (Wildman–Crippen MR) is 106 cm³/mol.